The molecule has 2 saturated heterocycles. The second-order valence-corrected chi connectivity index (χ2v) is 11.5. The van der Waals surface area contributed by atoms with Gasteiger partial charge in [0.05, 0.1) is 0 Å². The van der Waals surface area contributed by atoms with E-state index in [0.717, 1.165) is 43.4 Å². The number of hydrogen-bond donors (Lipinski definition) is 0. The molecule has 0 aromatic carbocycles. The number of amides is 1. The van der Waals surface area contributed by atoms with E-state index in [9.17, 15) is 9.59 Å². The van der Waals surface area contributed by atoms with Gasteiger partial charge in [0, 0.05) is 23.4 Å². The van der Waals surface area contributed by atoms with Gasteiger partial charge in [0.2, 0.25) is 0 Å². The summed E-state index contributed by atoms with van der Waals surface area (Å²) >= 11 is 0. The minimum atomic E-state index is -0.456. The molecule has 2 heterocycles. The summed E-state index contributed by atoms with van der Waals surface area (Å²) in [6.07, 6.45) is 11.3. The summed E-state index contributed by atoms with van der Waals surface area (Å²) in [7, 11) is 0. The zero-order valence-electron chi connectivity index (χ0n) is 17.2. The maximum atomic E-state index is 13.7. The van der Waals surface area contributed by atoms with Crippen LogP contribution in [0.3, 0.4) is 0 Å². The molecule has 1 amide bonds. The van der Waals surface area contributed by atoms with Crippen LogP contribution in [0.25, 0.3) is 0 Å². The number of ketones is 1. The number of carbonyl (C=O) groups excluding carboxylic acids is 2. The zero-order valence-corrected chi connectivity index (χ0v) is 17.2. The summed E-state index contributed by atoms with van der Waals surface area (Å²) in [5.74, 6) is 3.22. The highest BCUT2D eigenvalue weighted by Gasteiger charge is 2.57. The fourth-order valence-corrected chi connectivity index (χ4v) is 7.85. The Balaban J connectivity index is 1.30. The standard InChI is InChI=1S/C23H35NO3/c1-22(2,3)27-21(26)24-18-4-5-19(24)10-17(9-18)20(25)23-11-14-6-15(12-23)8-16(7-14)13-23/h14-19H,4-13H2,1-3H3. The van der Waals surface area contributed by atoms with Gasteiger partial charge in [-0.15, -0.1) is 0 Å². The van der Waals surface area contributed by atoms with Gasteiger partial charge in [-0.1, -0.05) is 0 Å². The normalized spacial score (nSPS) is 45.2. The average Bonchev–Trinajstić information content (AvgIpc) is 2.82. The second kappa shape index (κ2) is 5.97. The number of hydrogen-bond acceptors (Lipinski definition) is 3. The summed E-state index contributed by atoms with van der Waals surface area (Å²) in [6, 6.07) is 0.419. The third kappa shape index (κ3) is 3.02. The Bertz CT molecular complexity index is 599. The lowest BCUT2D eigenvalue weighted by atomic mass is 9.47. The summed E-state index contributed by atoms with van der Waals surface area (Å²) < 4.78 is 5.66. The Morgan fingerprint density at radius 3 is 1.78 bits per heavy atom. The van der Waals surface area contributed by atoms with Gasteiger partial charge >= 0.3 is 6.09 Å². The molecule has 0 radical (unpaired) electrons. The number of ether oxygens (including phenoxy) is 1. The van der Waals surface area contributed by atoms with E-state index >= 15 is 0 Å². The van der Waals surface area contributed by atoms with E-state index in [0.29, 0.717) is 5.78 Å². The van der Waals surface area contributed by atoms with Crippen molar-refractivity contribution in [3.8, 4) is 0 Å². The number of Topliss-reactive ketones (excluding diaryl/α,β-unsaturated/α-hetero) is 1. The predicted octanol–water partition coefficient (Wildman–Crippen LogP) is 4.95. The van der Waals surface area contributed by atoms with E-state index in [1.165, 1.54) is 38.5 Å². The largest absolute Gasteiger partial charge is 0.444 e. The molecule has 0 aromatic heterocycles. The van der Waals surface area contributed by atoms with Gasteiger partial charge in [-0.2, -0.15) is 0 Å². The molecule has 2 atom stereocenters. The fraction of sp³-hybridized carbons (Fsp3) is 0.913. The highest BCUT2D eigenvalue weighted by Crippen LogP contribution is 2.61. The minimum Gasteiger partial charge on any atom is -0.444 e. The Labute approximate surface area is 163 Å². The van der Waals surface area contributed by atoms with Crippen LogP contribution >= 0.6 is 0 Å². The number of carbonyl (C=O) groups is 2. The van der Waals surface area contributed by atoms with Crippen molar-refractivity contribution in [1.29, 1.82) is 0 Å². The number of fused-ring (bicyclic) bond motifs is 2. The van der Waals surface area contributed by atoms with E-state index in [1.807, 2.05) is 25.7 Å². The van der Waals surface area contributed by atoms with Crippen LogP contribution in [0.5, 0.6) is 0 Å². The molecule has 2 unspecified atom stereocenters. The Morgan fingerprint density at radius 1 is 0.852 bits per heavy atom. The first kappa shape index (κ1) is 18.0. The Hall–Kier alpha value is -1.06. The maximum absolute atomic E-state index is 13.7. The van der Waals surface area contributed by atoms with Crippen molar-refractivity contribution in [3.05, 3.63) is 0 Å². The molecule has 4 saturated carbocycles. The quantitative estimate of drug-likeness (QED) is 0.688. The van der Waals surface area contributed by atoms with Gasteiger partial charge in [-0.05, 0) is 103 Å². The first-order valence-corrected chi connectivity index (χ1v) is 11.3. The van der Waals surface area contributed by atoms with Crippen molar-refractivity contribution in [2.24, 2.45) is 29.1 Å². The Kier molecular flexibility index (Phi) is 3.98. The summed E-state index contributed by atoms with van der Waals surface area (Å²) in [5.41, 5.74) is -0.449. The zero-order chi connectivity index (χ0) is 19.0. The number of rotatable bonds is 2. The first-order valence-electron chi connectivity index (χ1n) is 11.3. The number of piperidine rings is 1. The molecule has 6 fully saturated rings. The van der Waals surface area contributed by atoms with Crippen molar-refractivity contribution in [2.45, 2.75) is 103 Å². The van der Waals surface area contributed by atoms with E-state index < -0.39 is 5.60 Å². The highest BCUT2D eigenvalue weighted by atomic mass is 16.6. The SMILES string of the molecule is CC(C)(C)OC(=O)N1C2CCC1CC(C(=O)C13CC4CC(CC(C4)C1)C3)C2. The van der Waals surface area contributed by atoms with Gasteiger partial charge in [0.1, 0.15) is 11.4 Å². The molecule has 6 rings (SSSR count). The van der Waals surface area contributed by atoms with E-state index in [4.69, 9.17) is 4.74 Å². The van der Waals surface area contributed by atoms with E-state index in [1.54, 1.807) is 0 Å². The molecule has 150 valence electrons. The third-order valence-corrected chi connectivity index (χ3v) is 8.27. The molecular formula is C23H35NO3. The summed E-state index contributed by atoms with van der Waals surface area (Å²) in [6.45, 7) is 5.78. The average molecular weight is 374 g/mol. The van der Waals surface area contributed by atoms with Gasteiger partial charge in [0.15, 0.2) is 0 Å². The van der Waals surface area contributed by atoms with E-state index in [2.05, 4.69) is 0 Å². The van der Waals surface area contributed by atoms with Crippen LogP contribution in [0.15, 0.2) is 0 Å². The van der Waals surface area contributed by atoms with Gasteiger partial charge in [-0.3, -0.25) is 4.79 Å². The summed E-state index contributed by atoms with van der Waals surface area (Å²) in [4.78, 5) is 28.4. The summed E-state index contributed by atoms with van der Waals surface area (Å²) in [5, 5.41) is 0. The van der Waals surface area contributed by atoms with Gasteiger partial charge in [0.25, 0.3) is 0 Å². The van der Waals surface area contributed by atoms with Crippen LogP contribution in [0, 0.1) is 29.1 Å². The van der Waals surface area contributed by atoms with Crippen LogP contribution in [0.1, 0.15) is 85.0 Å². The van der Waals surface area contributed by atoms with E-state index in [-0.39, 0.29) is 29.5 Å². The molecule has 0 spiro atoms. The van der Waals surface area contributed by atoms with Crippen LogP contribution in [0.2, 0.25) is 0 Å². The molecule has 4 nitrogen and oxygen atoms in total. The minimum absolute atomic E-state index is 0.00689. The smallest absolute Gasteiger partial charge is 0.410 e. The molecule has 0 N–H and O–H groups in total. The van der Waals surface area contributed by atoms with Crippen molar-refractivity contribution in [3.63, 3.8) is 0 Å². The second-order valence-electron chi connectivity index (χ2n) is 11.5. The molecular weight excluding hydrogens is 338 g/mol. The van der Waals surface area contributed by atoms with Crippen molar-refractivity contribution in [1.82, 2.24) is 4.90 Å². The van der Waals surface area contributed by atoms with Gasteiger partial charge < -0.3 is 9.64 Å². The molecule has 6 aliphatic rings. The first-order chi connectivity index (χ1) is 12.7. The number of nitrogens with zero attached hydrogens (tertiary/aromatic N) is 1. The topological polar surface area (TPSA) is 46.6 Å². The molecule has 4 aliphatic carbocycles. The van der Waals surface area contributed by atoms with Crippen molar-refractivity contribution in [2.75, 3.05) is 0 Å². The monoisotopic (exact) mass is 373 g/mol. The molecule has 2 aliphatic heterocycles. The third-order valence-electron chi connectivity index (χ3n) is 8.27. The van der Waals surface area contributed by atoms with Crippen LogP contribution in [0.4, 0.5) is 4.79 Å². The van der Waals surface area contributed by atoms with Crippen molar-refractivity contribution < 1.29 is 14.3 Å². The Morgan fingerprint density at radius 2 is 1.33 bits per heavy atom. The predicted molar refractivity (Wildman–Crippen MR) is 103 cm³/mol. The fourth-order valence-electron chi connectivity index (χ4n) is 7.85. The molecule has 6 bridgehead atoms. The van der Waals surface area contributed by atoms with Crippen LogP contribution in [-0.4, -0.2) is 34.5 Å². The molecule has 4 heteroatoms. The van der Waals surface area contributed by atoms with Crippen molar-refractivity contribution >= 4 is 11.9 Å². The van der Waals surface area contributed by atoms with Gasteiger partial charge in [-0.25, -0.2) is 4.79 Å². The van der Waals surface area contributed by atoms with Crippen LogP contribution in [-0.2, 0) is 9.53 Å². The van der Waals surface area contributed by atoms with Crippen LogP contribution < -0.4 is 0 Å². The molecule has 27 heavy (non-hydrogen) atoms. The lowest BCUT2D eigenvalue weighted by molar-refractivity contribution is -0.150. The maximum Gasteiger partial charge on any atom is 0.410 e. The molecule has 0 aromatic rings. The lowest BCUT2D eigenvalue weighted by Crippen LogP contribution is -2.55. The highest BCUT2D eigenvalue weighted by molar-refractivity contribution is 5.88. The lowest BCUT2D eigenvalue weighted by Gasteiger charge is -2.57.